The minimum Gasteiger partial charge on any atom is -0.380 e. The minimum absolute atomic E-state index is 0.425. The molecule has 1 N–H and O–H groups in total. The monoisotopic (exact) mass is 285 g/mol. The molecule has 0 heterocycles. The van der Waals surface area contributed by atoms with Crippen LogP contribution in [0.3, 0.4) is 0 Å². The second kappa shape index (κ2) is 7.82. The van der Waals surface area contributed by atoms with Crippen molar-refractivity contribution in [2.24, 2.45) is 0 Å². The predicted molar refractivity (Wildman–Crippen MR) is 71.7 cm³/mol. The predicted octanol–water partition coefficient (Wildman–Crippen LogP) is 3.53. The lowest BCUT2D eigenvalue weighted by atomic mass is 10.1. The first-order chi connectivity index (χ1) is 7.77. The van der Waals surface area contributed by atoms with Crippen LogP contribution in [0.25, 0.3) is 0 Å². The smallest absolute Gasteiger partial charge is 0.0590 e. The second-order valence-electron chi connectivity index (χ2n) is 3.66. The average Bonchev–Trinajstić information content (AvgIpc) is 2.31. The van der Waals surface area contributed by atoms with Gasteiger partial charge in [0, 0.05) is 23.7 Å². The van der Waals surface area contributed by atoms with Crippen LogP contribution in [0.5, 0.6) is 0 Å². The second-order valence-corrected chi connectivity index (χ2v) is 4.58. The summed E-state index contributed by atoms with van der Waals surface area (Å²) in [6.07, 6.45) is 1.09. The third-order valence-corrected chi connectivity index (χ3v) is 3.05. The minimum atomic E-state index is 0.425. The zero-order valence-electron chi connectivity index (χ0n) is 10.0. The van der Waals surface area contributed by atoms with Gasteiger partial charge in [-0.15, -0.1) is 0 Å². The van der Waals surface area contributed by atoms with Gasteiger partial charge in [-0.3, -0.25) is 0 Å². The van der Waals surface area contributed by atoms with E-state index in [0.717, 1.165) is 30.7 Å². The molecule has 0 saturated heterocycles. The Labute approximate surface area is 107 Å². The Morgan fingerprint density at radius 3 is 2.50 bits per heavy atom. The van der Waals surface area contributed by atoms with Crippen LogP contribution < -0.4 is 5.32 Å². The molecule has 1 rings (SSSR count). The zero-order chi connectivity index (χ0) is 11.8. The summed E-state index contributed by atoms with van der Waals surface area (Å²) in [6.45, 7) is 6.69. The number of nitrogens with one attached hydrogen (secondary N) is 1. The highest BCUT2D eigenvalue weighted by Crippen LogP contribution is 2.19. The Morgan fingerprint density at radius 2 is 1.94 bits per heavy atom. The van der Waals surface area contributed by atoms with Crippen LogP contribution in [0, 0.1) is 0 Å². The molecule has 1 unspecified atom stereocenters. The van der Waals surface area contributed by atoms with Crippen molar-refractivity contribution in [1.82, 2.24) is 5.32 Å². The van der Waals surface area contributed by atoms with Gasteiger partial charge in [0.2, 0.25) is 0 Å². The summed E-state index contributed by atoms with van der Waals surface area (Å²) >= 11 is 3.45. The van der Waals surface area contributed by atoms with E-state index < -0.39 is 0 Å². The van der Waals surface area contributed by atoms with Crippen LogP contribution in [0.4, 0.5) is 0 Å². The lowest BCUT2D eigenvalue weighted by Crippen LogP contribution is -2.24. The first-order valence-electron chi connectivity index (χ1n) is 5.84. The van der Waals surface area contributed by atoms with E-state index in [1.54, 1.807) is 0 Å². The number of benzene rings is 1. The van der Waals surface area contributed by atoms with Crippen LogP contribution in [0.2, 0.25) is 0 Å². The van der Waals surface area contributed by atoms with E-state index in [-0.39, 0.29) is 0 Å². The van der Waals surface area contributed by atoms with Gasteiger partial charge >= 0.3 is 0 Å². The summed E-state index contributed by atoms with van der Waals surface area (Å²) in [5, 5.41) is 3.50. The molecule has 0 radical (unpaired) electrons. The molecule has 0 amide bonds. The van der Waals surface area contributed by atoms with Crippen LogP contribution >= 0.6 is 15.9 Å². The Bertz CT molecular complexity index is 286. The van der Waals surface area contributed by atoms with Gasteiger partial charge in [-0.05, 0) is 31.0 Å². The van der Waals surface area contributed by atoms with E-state index in [9.17, 15) is 0 Å². The summed E-state index contributed by atoms with van der Waals surface area (Å²) in [6, 6.07) is 8.91. The number of ether oxygens (including phenoxy) is 1. The molecule has 0 saturated carbocycles. The van der Waals surface area contributed by atoms with Crippen molar-refractivity contribution >= 4 is 15.9 Å². The summed E-state index contributed by atoms with van der Waals surface area (Å²) in [5.41, 5.74) is 1.34. The van der Waals surface area contributed by atoms with Crippen LogP contribution in [0.1, 0.15) is 31.9 Å². The molecule has 1 aromatic carbocycles. The van der Waals surface area contributed by atoms with Gasteiger partial charge in [-0.25, -0.2) is 0 Å². The van der Waals surface area contributed by atoms with Crippen molar-refractivity contribution in [3.8, 4) is 0 Å². The van der Waals surface area contributed by atoms with Crippen molar-refractivity contribution in [1.29, 1.82) is 0 Å². The largest absolute Gasteiger partial charge is 0.380 e. The van der Waals surface area contributed by atoms with E-state index in [4.69, 9.17) is 4.74 Å². The molecule has 0 aromatic heterocycles. The molecule has 0 aliphatic rings. The molecule has 0 spiro atoms. The highest BCUT2D eigenvalue weighted by molar-refractivity contribution is 9.10. The number of hydrogen-bond acceptors (Lipinski definition) is 2. The molecule has 3 heteroatoms. The highest BCUT2D eigenvalue weighted by Gasteiger charge is 2.07. The Hall–Kier alpha value is -0.380. The third-order valence-electron chi connectivity index (χ3n) is 2.52. The molecule has 0 bridgehead atoms. The Balaban J connectivity index is 2.44. The molecular weight excluding hydrogens is 266 g/mol. The van der Waals surface area contributed by atoms with E-state index in [0.29, 0.717) is 6.04 Å². The fourth-order valence-electron chi connectivity index (χ4n) is 1.64. The fourth-order valence-corrected chi connectivity index (χ4v) is 1.91. The summed E-state index contributed by atoms with van der Waals surface area (Å²) in [7, 11) is 0. The van der Waals surface area contributed by atoms with E-state index >= 15 is 0 Å². The zero-order valence-corrected chi connectivity index (χ0v) is 11.6. The molecule has 0 aliphatic carbocycles. The topological polar surface area (TPSA) is 21.3 Å². The fraction of sp³-hybridized carbons (Fsp3) is 0.538. The van der Waals surface area contributed by atoms with Gasteiger partial charge in [0.05, 0.1) is 6.61 Å². The number of hydrogen-bond donors (Lipinski definition) is 1. The van der Waals surface area contributed by atoms with Gasteiger partial charge < -0.3 is 10.1 Å². The average molecular weight is 286 g/mol. The van der Waals surface area contributed by atoms with Crippen molar-refractivity contribution in [2.45, 2.75) is 26.3 Å². The standard InChI is InChI=1S/C13H20BrNO/c1-3-13(15-9-10-16-4-2)11-5-7-12(14)8-6-11/h5-8,13,15H,3-4,9-10H2,1-2H3. The summed E-state index contributed by atoms with van der Waals surface area (Å²) < 4.78 is 6.44. The van der Waals surface area contributed by atoms with Crippen molar-refractivity contribution in [3.63, 3.8) is 0 Å². The molecule has 0 aliphatic heterocycles. The van der Waals surface area contributed by atoms with Gasteiger partial charge in [0.1, 0.15) is 0 Å². The molecular formula is C13H20BrNO. The maximum Gasteiger partial charge on any atom is 0.0590 e. The molecule has 2 nitrogen and oxygen atoms in total. The molecule has 0 fully saturated rings. The summed E-state index contributed by atoms with van der Waals surface area (Å²) in [5.74, 6) is 0. The maximum absolute atomic E-state index is 5.31. The van der Waals surface area contributed by atoms with Crippen molar-refractivity contribution in [2.75, 3.05) is 19.8 Å². The van der Waals surface area contributed by atoms with Gasteiger partial charge in [-0.2, -0.15) is 0 Å². The van der Waals surface area contributed by atoms with E-state index in [2.05, 4.69) is 52.4 Å². The first kappa shape index (κ1) is 13.7. The molecule has 1 atom stereocenters. The molecule has 90 valence electrons. The summed E-state index contributed by atoms with van der Waals surface area (Å²) in [4.78, 5) is 0. The normalized spacial score (nSPS) is 12.7. The third kappa shape index (κ3) is 4.64. The number of rotatable bonds is 7. The van der Waals surface area contributed by atoms with Gasteiger partial charge in [0.25, 0.3) is 0 Å². The quantitative estimate of drug-likeness (QED) is 0.774. The Morgan fingerprint density at radius 1 is 1.25 bits per heavy atom. The highest BCUT2D eigenvalue weighted by atomic mass is 79.9. The van der Waals surface area contributed by atoms with Crippen LogP contribution in [-0.4, -0.2) is 19.8 Å². The first-order valence-corrected chi connectivity index (χ1v) is 6.63. The van der Waals surface area contributed by atoms with E-state index in [1.807, 2.05) is 6.92 Å². The van der Waals surface area contributed by atoms with E-state index in [1.165, 1.54) is 5.56 Å². The lowest BCUT2D eigenvalue weighted by molar-refractivity contribution is 0.146. The van der Waals surface area contributed by atoms with Crippen molar-refractivity contribution < 1.29 is 4.74 Å². The van der Waals surface area contributed by atoms with Gasteiger partial charge in [0.15, 0.2) is 0 Å². The van der Waals surface area contributed by atoms with Gasteiger partial charge in [-0.1, -0.05) is 35.0 Å². The molecule has 16 heavy (non-hydrogen) atoms. The van der Waals surface area contributed by atoms with Crippen LogP contribution in [0.15, 0.2) is 28.7 Å². The number of halogens is 1. The SMILES string of the molecule is CCOCCNC(CC)c1ccc(Br)cc1. The maximum atomic E-state index is 5.31. The van der Waals surface area contributed by atoms with Crippen LogP contribution in [-0.2, 0) is 4.74 Å². The molecule has 1 aromatic rings. The Kier molecular flexibility index (Phi) is 6.69. The lowest BCUT2D eigenvalue weighted by Gasteiger charge is -2.17. The van der Waals surface area contributed by atoms with Crippen molar-refractivity contribution in [3.05, 3.63) is 34.3 Å².